The molecule has 0 bridgehead atoms. The number of methoxy groups -OCH3 is 1. The number of nitrogens with zero attached hydrogens (tertiary/aromatic N) is 2. The van der Waals surface area contributed by atoms with Gasteiger partial charge in [0.15, 0.2) is 0 Å². The predicted molar refractivity (Wildman–Crippen MR) is 75.5 cm³/mol. The Balaban J connectivity index is 2.55. The quantitative estimate of drug-likeness (QED) is 0.636. The molecule has 1 aromatic heterocycles. The minimum atomic E-state index is -0.569. The molecule has 5 nitrogen and oxygen atoms in total. The van der Waals surface area contributed by atoms with Gasteiger partial charge in [0, 0.05) is 6.54 Å². The SMILES string of the molecule is COC(=O)C(Br)Cn1c(=O)c(C)nc2ccccc21. The van der Waals surface area contributed by atoms with E-state index in [2.05, 4.69) is 25.7 Å². The van der Waals surface area contributed by atoms with Crippen molar-refractivity contribution in [3.8, 4) is 0 Å². The summed E-state index contributed by atoms with van der Waals surface area (Å²) in [7, 11) is 1.31. The lowest BCUT2D eigenvalue weighted by molar-refractivity contribution is -0.140. The second-order valence-corrected chi connectivity index (χ2v) is 5.20. The third kappa shape index (κ3) is 2.68. The minimum absolute atomic E-state index is 0.202. The van der Waals surface area contributed by atoms with Gasteiger partial charge in [-0.05, 0) is 19.1 Å². The van der Waals surface area contributed by atoms with E-state index in [0.717, 1.165) is 5.52 Å². The van der Waals surface area contributed by atoms with Crippen LogP contribution < -0.4 is 5.56 Å². The van der Waals surface area contributed by atoms with Gasteiger partial charge in [-0.2, -0.15) is 0 Å². The summed E-state index contributed by atoms with van der Waals surface area (Å²) in [6.07, 6.45) is 0. The predicted octanol–water partition coefficient (Wildman–Crippen LogP) is 1.64. The van der Waals surface area contributed by atoms with Crippen LogP contribution in [0.2, 0.25) is 0 Å². The molecular weight excluding hydrogens is 312 g/mol. The molecule has 6 heteroatoms. The summed E-state index contributed by atoms with van der Waals surface area (Å²) in [6.45, 7) is 1.86. The fourth-order valence-electron chi connectivity index (χ4n) is 1.86. The zero-order valence-corrected chi connectivity index (χ0v) is 12.2. The lowest BCUT2D eigenvalue weighted by atomic mass is 10.2. The molecule has 1 heterocycles. The number of hydrogen-bond donors (Lipinski definition) is 0. The molecule has 0 aliphatic rings. The molecule has 1 unspecified atom stereocenters. The maximum atomic E-state index is 12.2. The summed E-state index contributed by atoms with van der Waals surface area (Å²) in [5.41, 5.74) is 1.63. The van der Waals surface area contributed by atoms with Crippen molar-refractivity contribution in [3.05, 3.63) is 40.3 Å². The molecular formula is C13H13BrN2O3. The monoisotopic (exact) mass is 324 g/mol. The number of aryl methyl sites for hydroxylation is 1. The number of hydrogen-bond acceptors (Lipinski definition) is 4. The molecule has 0 fully saturated rings. The number of benzene rings is 1. The Kier molecular flexibility index (Phi) is 3.99. The van der Waals surface area contributed by atoms with E-state index >= 15 is 0 Å². The van der Waals surface area contributed by atoms with Crippen LogP contribution in [0.3, 0.4) is 0 Å². The first-order valence-electron chi connectivity index (χ1n) is 5.72. The molecule has 19 heavy (non-hydrogen) atoms. The van der Waals surface area contributed by atoms with Gasteiger partial charge in [0.25, 0.3) is 5.56 Å². The van der Waals surface area contributed by atoms with Crippen LogP contribution in [0, 0.1) is 6.92 Å². The molecule has 2 rings (SSSR count). The number of alkyl halides is 1. The fraction of sp³-hybridized carbons (Fsp3) is 0.308. The highest BCUT2D eigenvalue weighted by Crippen LogP contribution is 2.13. The normalized spacial score (nSPS) is 12.4. The third-order valence-corrected chi connectivity index (χ3v) is 3.48. The van der Waals surface area contributed by atoms with Crippen molar-refractivity contribution in [2.75, 3.05) is 7.11 Å². The lowest BCUT2D eigenvalue weighted by Gasteiger charge is -2.13. The van der Waals surface area contributed by atoms with Gasteiger partial charge in [0.1, 0.15) is 10.5 Å². The summed E-state index contributed by atoms with van der Waals surface area (Å²) in [5.74, 6) is -0.412. The van der Waals surface area contributed by atoms with Crippen LogP contribution in [0.4, 0.5) is 0 Å². The van der Waals surface area contributed by atoms with E-state index in [0.29, 0.717) is 11.2 Å². The topological polar surface area (TPSA) is 61.2 Å². The first-order chi connectivity index (χ1) is 9.04. The highest BCUT2D eigenvalue weighted by Gasteiger charge is 2.18. The van der Waals surface area contributed by atoms with Gasteiger partial charge in [-0.15, -0.1) is 0 Å². The lowest BCUT2D eigenvalue weighted by Crippen LogP contribution is -2.31. The van der Waals surface area contributed by atoms with Crippen molar-refractivity contribution >= 4 is 32.9 Å². The van der Waals surface area contributed by atoms with Crippen molar-refractivity contribution in [1.82, 2.24) is 9.55 Å². The molecule has 0 saturated heterocycles. The Labute approximate surface area is 118 Å². The maximum absolute atomic E-state index is 12.2. The summed E-state index contributed by atoms with van der Waals surface area (Å²) >= 11 is 3.23. The Hall–Kier alpha value is -1.69. The number of carbonyl (C=O) groups is 1. The van der Waals surface area contributed by atoms with Crippen molar-refractivity contribution in [3.63, 3.8) is 0 Å². The van der Waals surface area contributed by atoms with Crippen LogP contribution in [0.5, 0.6) is 0 Å². The van der Waals surface area contributed by atoms with Gasteiger partial charge in [-0.1, -0.05) is 28.1 Å². The molecule has 0 radical (unpaired) electrons. The average Bonchev–Trinajstić information content (AvgIpc) is 2.42. The largest absolute Gasteiger partial charge is 0.468 e. The Morgan fingerprint density at radius 3 is 2.84 bits per heavy atom. The van der Waals surface area contributed by atoms with E-state index in [1.54, 1.807) is 13.0 Å². The van der Waals surface area contributed by atoms with Crippen LogP contribution in [-0.4, -0.2) is 27.5 Å². The van der Waals surface area contributed by atoms with Crippen molar-refractivity contribution < 1.29 is 9.53 Å². The summed E-state index contributed by atoms with van der Waals surface area (Å²) in [5, 5.41) is 0. The third-order valence-electron chi connectivity index (χ3n) is 2.82. The molecule has 1 aromatic carbocycles. The summed E-state index contributed by atoms with van der Waals surface area (Å²) < 4.78 is 6.19. The second kappa shape index (κ2) is 5.52. The molecule has 2 aromatic rings. The Bertz CT molecular complexity index is 681. The highest BCUT2D eigenvalue weighted by atomic mass is 79.9. The maximum Gasteiger partial charge on any atom is 0.321 e. The van der Waals surface area contributed by atoms with Crippen LogP contribution in [0.15, 0.2) is 29.1 Å². The Morgan fingerprint density at radius 2 is 2.16 bits per heavy atom. The van der Waals surface area contributed by atoms with Gasteiger partial charge in [0.05, 0.1) is 18.1 Å². The van der Waals surface area contributed by atoms with Gasteiger partial charge in [-0.3, -0.25) is 9.59 Å². The van der Waals surface area contributed by atoms with E-state index in [-0.39, 0.29) is 12.1 Å². The summed E-state index contributed by atoms with van der Waals surface area (Å²) in [4.78, 5) is 27.3. The average molecular weight is 325 g/mol. The van der Waals surface area contributed by atoms with Crippen LogP contribution >= 0.6 is 15.9 Å². The van der Waals surface area contributed by atoms with Gasteiger partial charge >= 0.3 is 5.97 Å². The smallest absolute Gasteiger partial charge is 0.321 e. The summed E-state index contributed by atoms with van der Waals surface area (Å²) in [6, 6.07) is 7.33. The number of aromatic nitrogens is 2. The van der Waals surface area contributed by atoms with E-state index < -0.39 is 10.8 Å². The molecule has 0 spiro atoms. The van der Waals surface area contributed by atoms with E-state index in [1.165, 1.54) is 11.7 Å². The minimum Gasteiger partial charge on any atom is -0.468 e. The van der Waals surface area contributed by atoms with E-state index in [1.807, 2.05) is 18.2 Å². The first kappa shape index (κ1) is 13.7. The zero-order chi connectivity index (χ0) is 14.0. The molecule has 0 amide bonds. The number of carbonyl (C=O) groups excluding carboxylic acids is 1. The van der Waals surface area contributed by atoms with Gasteiger partial charge in [0.2, 0.25) is 0 Å². The van der Waals surface area contributed by atoms with Crippen molar-refractivity contribution in [1.29, 1.82) is 0 Å². The number of rotatable bonds is 3. The molecule has 0 aliphatic carbocycles. The van der Waals surface area contributed by atoms with Gasteiger partial charge < -0.3 is 9.30 Å². The van der Waals surface area contributed by atoms with E-state index in [9.17, 15) is 9.59 Å². The van der Waals surface area contributed by atoms with Gasteiger partial charge in [-0.25, -0.2) is 4.98 Å². The van der Waals surface area contributed by atoms with Crippen molar-refractivity contribution in [2.24, 2.45) is 0 Å². The standard InChI is InChI=1S/C13H13BrN2O3/c1-8-12(17)16(7-9(14)13(18)19-2)11-6-4-3-5-10(11)15-8/h3-6,9H,7H2,1-2H3. The number of ether oxygens (including phenoxy) is 1. The number of fused-ring (bicyclic) bond motifs is 1. The molecule has 0 saturated carbocycles. The number of halogens is 1. The van der Waals surface area contributed by atoms with Crippen LogP contribution in [-0.2, 0) is 16.1 Å². The Morgan fingerprint density at radius 1 is 1.47 bits per heavy atom. The highest BCUT2D eigenvalue weighted by molar-refractivity contribution is 9.10. The molecule has 0 aliphatic heterocycles. The second-order valence-electron chi connectivity index (χ2n) is 4.09. The molecule has 1 atom stereocenters. The molecule has 0 N–H and O–H groups in total. The fourth-order valence-corrected chi connectivity index (χ4v) is 2.34. The molecule has 100 valence electrons. The zero-order valence-electron chi connectivity index (χ0n) is 10.6. The van der Waals surface area contributed by atoms with Crippen LogP contribution in [0.1, 0.15) is 5.69 Å². The number of para-hydroxylation sites is 2. The number of esters is 1. The first-order valence-corrected chi connectivity index (χ1v) is 6.64. The van der Waals surface area contributed by atoms with Crippen molar-refractivity contribution in [2.45, 2.75) is 18.3 Å². The van der Waals surface area contributed by atoms with Crippen LogP contribution in [0.25, 0.3) is 11.0 Å². The van der Waals surface area contributed by atoms with E-state index in [4.69, 9.17) is 0 Å².